The van der Waals surface area contributed by atoms with Gasteiger partial charge in [0.05, 0.1) is 0 Å². The van der Waals surface area contributed by atoms with Crippen LogP contribution in [0.5, 0.6) is 0 Å². The smallest absolute Gasteiger partial charge is 0.270 e. The van der Waals surface area contributed by atoms with E-state index in [4.69, 9.17) is 4.74 Å². The van der Waals surface area contributed by atoms with Gasteiger partial charge in [-0.3, -0.25) is 9.59 Å². The fourth-order valence-electron chi connectivity index (χ4n) is 3.89. The molecular weight excluding hydrogens is 342 g/mol. The SMILES string of the molecule is CC(=O)N[C@@H](C)Cc1c(C(=O)N(C)CC2CCOCC2)[nH]c2ccccc12. The summed E-state index contributed by atoms with van der Waals surface area (Å²) in [7, 11) is 1.87. The fourth-order valence-corrected chi connectivity index (χ4v) is 3.89. The van der Waals surface area contributed by atoms with Gasteiger partial charge in [-0.15, -0.1) is 0 Å². The van der Waals surface area contributed by atoms with Crippen molar-refractivity contribution in [2.24, 2.45) is 5.92 Å². The molecule has 1 fully saturated rings. The summed E-state index contributed by atoms with van der Waals surface area (Å²) in [4.78, 5) is 29.7. The number of hydrogen-bond acceptors (Lipinski definition) is 3. The second kappa shape index (κ2) is 8.57. The molecule has 2 heterocycles. The van der Waals surface area contributed by atoms with Crippen molar-refractivity contribution in [2.75, 3.05) is 26.8 Å². The second-order valence-corrected chi connectivity index (χ2v) is 7.57. The minimum Gasteiger partial charge on any atom is -0.381 e. The largest absolute Gasteiger partial charge is 0.381 e. The molecular formula is C21H29N3O3. The molecule has 0 spiro atoms. The predicted molar refractivity (Wildman–Crippen MR) is 106 cm³/mol. The third kappa shape index (κ3) is 4.69. The van der Waals surface area contributed by atoms with Crippen molar-refractivity contribution in [3.63, 3.8) is 0 Å². The molecule has 0 radical (unpaired) electrons. The van der Waals surface area contributed by atoms with Crippen LogP contribution in [0, 0.1) is 5.92 Å². The Hall–Kier alpha value is -2.34. The number of nitrogens with zero attached hydrogens (tertiary/aromatic N) is 1. The molecule has 0 unspecified atom stereocenters. The molecule has 2 aromatic rings. The summed E-state index contributed by atoms with van der Waals surface area (Å²) in [6, 6.07) is 7.89. The first kappa shape index (κ1) is 19.4. The first-order valence-electron chi connectivity index (χ1n) is 9.65. The number of H-pyrrole nitrogens is 1. The Morgan fingerprint density at radius 1 is 1.30 bits per heavy atom. The van der Waals surface area contributed by atoms with E-state index in [0.717, 1.165) is 49.1 Å². The van der Waals surface area contributed by atoms with E-state index in [-0.39, 0.29) is 17.9 Å². The van der Waals surface area contributed by atoms with Crippen LogP contribution in [0.4, 0.5) is 0 Å². The predicted octanol–water partition coefficient (Wildman–Crippen LogP) is 2.73. The lowest BCUT2D eigenvalue weighted by molar-refractivity contribution is -0.119. The van der Waals surface area contributed by atoms with Crippen LogP contribution in [-0.4, -0.2) is 54.5 Å². The van der Waals surface area contributed by atoms with Crippen LogP contribution in [0.3, 0.4) is 0 Å². The van der Waals surface area contributed by atoms with Gasteiger partial charge in [-0.1, -0.05) is 18.2 Å². The van der Waals surface area contributed by atoms with Crippen LogP contribution in [0.15, 0.2) is 24.3 Å². The average Bonchev–Trinajstić information content (AvgIpc) is 2.99. The highest BCUT2D eigenvalue weighted by Gasteiger charge is 2.24. The van der Waals surface area contributed by atoms with Crippen molar-refractivity contribution in [1.82, 2.24) is 15.2 Å². The van der Waals surface area contributed by atoms with E-state index in [2.05, 4.69) is 10.3 Å². The van der Waals surface area contributed by atoms with Crippen molar-refractivity contribution in [2.45, 2.75) is 39.2 Å². The zero-order valence-electron chi connectivity index (χ0n) is 16.4. The molecule has 0 aliphatic carbocycles. The normalized spacial score (nSPS) is 16.3. The number of aromatic amines is 1. The third-order valence-electron chi connectivity index (χ3n) is 5.21. The first-order chi connectivity index (χ1) is 13.0. The summed E-state index contributed by atoms with van der Waals surface area (Å²) in [6.07, 6.45) is 2.60. The maximum absolute atomic E-state index is 13.2. The number of carbonyl (C=O) groups is 2. The summed E-state index contributed by atoms with van der Waals surface area (Å²) >= 11 is 0. The zero-order chi connectivity index (χ0) is 19.4. The van der Waals surface area contributed by atoms with E-state index in [9.17, 15) is 9.59 Å². The second-order valence-electron chi connectivity index (χ2n) is 7.57. The molecule has 0 bridgehead atoms. The van der Waals surface area contributed by atoms with Crippen molar-refractivity contribution in [3.8, 4) is 0 Å². The van der Waals surface area contributed by atoms with Crippen molar-refractivity contribution >= 4 is 22.7 Å². The lowest BCUT2D eigenvalue weighted by atomic mass is 9.99. The molecule has 1 aromatic carbocycles. The highest BCUT2D eigenvalue weighted by Crippen LogP contribution is 2.25. The molecule has 6 heteroatoms. The lowest BCUT2D eigenvalue weighted by Gasteiger charge is -2.27. The highest BCUT2D eigenvalue weighted by molar-refractivity contribution is 6.01. The minimum atomic E-state index is -0.0631. The zero-order valence-corrected chi connectivity index (χ0v) is 16.4. The minimum absolute atomic E-state index is 0.00252. The number of ether oxygens (including phenoxy) is 1. The van der Waals surface area contributed by atoms with E-state index in [1.54, 1.807) is 0 Å². The Balaban J connectivity index is 1.84. The number of amides is 2. The molecule has 1 aliphatic rings. The van der Waals surface area contributed by atoms with Gasteiger partial charge in [0.25, 0.3) is 5.91 Å². The molecule has 2 amide bonds. The third-order valence-corrected chi connectivity index (χ3v) is 5.21. The van der Waals surface area contributed by atoms with Crippen LogP contribution in [-0.2, 0) is 16.0 Å². The fraction of sp³-hybridized carbons (Fsp3) is 0.524. The van der Waals surface area contributed by atoms with Gasteiger partial charge in [-0.25, -0.2) is 0 Å². The molecule has 6 nitrogen and oxygen atoms in total. The van der Waals surface area contributed by atoms with Crippen LogP contribution in [0.25, 0.3) is 10.9 Å². The monoisotopic (exact) mass is 371 g/mol. The van der Waals surface area contributed by atoms with Gasteiger partial charge in [0.15, 0.2) is 0 Å². The highest BCUT2D eigenvalue weighted by atomic mass is 16.5. The van der Waals surface area contributed by atoms with Gasteiger partial charge in [0.2, 0.25) is 5.91 Å². The molecule has 1 aliphatic heterocycles. The van der Waals surface area contributed by atoms with Crippen molar-refractivity contribution < 1.29 is 14.3 Å². The number of fused-ring (bicyclic) bond motifs is 1. The molecule has 1 aromatic heterocycles. The van der Waals surface area contributed by atoms with E-state index in [1.807, 2.05) is 43.1 Å². The van der Waals surface area contributed by atoms with Gasteiger partial charge < -0.3 is 19.9 Å². The number of carbonyl (C=O) groups excluding carboxylic acids is 2. The lowest BCUT2D eigenvalue weighted by Crippen LogP contribution is -2.36. The van der Waals surface area contributed by atoms with Gasteiger partial charge in [-0.05, 0) is 43.7 Å². The maximum atomic E-state index is 13.2. The van der Waals surface area contributed by atoms with E-state index < -0.39 is 0 Å². The maximum Gasteiger partial charge on any atom is 0.270 e. The van der Waals surface area contributed by atoms with Gasteiger partial charge >= 0.3 is 0 Å². The van der Waals surface area contributed by atoms with Crippen LogP contribution in [0.2, 0.25) is 0 Å². The quantitative estimate of drug-likeness (QED) is 0.820. The Morgan fingerprint density at radius 2 is 2.00 bits per heavy atom. The van der Waals surface area contributed by atoms with Crippen LogP contribution >= 0.6 is 0 Å². The standard InChI is InChI=1S/C21H29N3O3/c1-14(22-15(2)25)12-18-17-6-4-5-7-19(17)23-20(18)21(26)24(3)13-16-8-10-27-11-9-16/h4-7,14,16,23H,8-13H2,1-3H3,(H,22,25)/t14-/m0/s1. The molecule has 1 atom stereocenters. The van der Waals surface area contributed by atoms with Gasteiger partial charge in [0.1, 0.15) is 5.69 Å². The molecule has 3 rings (SSSR count). The van der Waals surface area contributed by atoms with Crippen molar-refractivity contribution in [1.29, 1.82) is 0 Å². The van der Waals surface area contributed by atoms with Gasteiger partial charge in [-0.2, -0.15) is 0 Å². The topological polar surface area (TPSA) is 74.4 Å². The number of rotatable bonds is 6. The Bertz CT molecular complexity index is 808. The number of benzene rings is 1. The van der Waals surface area contributed by atoms with Crippen molar-refractivity contribution in [3.05, 3.63) is 35.5 Å². The van der Waals surface area contributed by atoms with E-state index in [0.29, 0.717) is 18.0 Å². The van der Waals surface area contributed by atoms with Crippen LogP contribution in [0.1, 0.15) is 42.7 Å². The van der Waals surface area contributed by atoms with Crippen LogP contribution < -0.4 is 5.32 Å². The summed E-state index contributed by atoms with van der Waals surface area (Å²) in [5.74, 6) is 0.424. The molecule has 27 heavy (non-hydrogen) atoms. The number of para-hydroxylation sites is 1. The Kier molecular flexibility index (Phi) is 6.16. The first-order valence-corrected chi connectivity index (χ1v) is 9.65. The molecule has 146 valence electrons. The Labute approximate surface area is 160 Å². The van der Waals surface area contributed by atoms with E-state index >= 15 is 0 Å². The molecule has 1 saturated heterocycles. The summed E-state index contributed by atoms with van der Waals surface area (Å²) in [5, 5.41) is 3.95. The number of aromatic nitrogens is 1. The van der Waals surface area contributed by atoms with Gasteiger partial charge in [0, 0.05) is 50.7 Å². The summed E-state index contributed by atoms with van der Waals surface area (Å²) < 4.78 is 5.42. The Morgan fingerprint density at radius 3 is 2.70 bits per heavy atom. The summed E-state index contributed by atoms with van der Waals surface area (Å²) in [5.41, 5.74) is 2.55. The molecule has 2 N–H and O–H groups in total. The average molecular weight is 371 g/mol. The summed E-state index contributed by atoms with van der Waals surface area (Å²) in [6.45, 7) is 5.76. The van der Waals surface area contributed by atoms with E-state index in [1.165, 1.54) is 6.92 Å². The molecule has 0 saturated carbocycles. The number of nitrogens with one attached hydrogen (secondary N) is 2. The number of hydrogen-bond donors (Lipinski definition) is 2.